The van der Waals surface area contributed by atoms with E-state index < -0.39 is 5.97 Å². The van der Waals surface area contributed by atoms with Crippen LogP contribution in [0.3, 0.4) is 0 Å². The highest BCUT2D eigenvalue weighted by molar-refractivity contribution is 5.81. The summed E-state index contributed by atoms with van der Waals surface area (Å²) in [5.74, 6) is -0.455. The van der Waals surface area contributed by atoms with Gasteiger partial charge in [-0.1, -0.05) is 6.58 Å². The number of nitriles is 1. The molecule has 0 atom stereocenters. The summed E-state index contributed by atoms with van der Waals surface area (Å²) >= 11 is 0. The van der Waals surface area contributed by atoms with Crippen molar-refractivity contribution in [2.75, 3.05) is 33.0 Å². The minimum atomic E-state index is -0.455. The first-order chi connectivity index (χ1) is 7.31. The maximum atomic E-state index is 10.6. The van der Waals surface area contributed by atoms with Gasteiger partial charge in [0.05, 0.1) is 38.9 Å². The van der Waals surface area contributed by atoms with Gasteiger partial charge in [-0.2, -0.15) is 5.26 Å². The number of hydrogen-bond acceptors (Lipinski definition) is 5. The van der Waals surface area contributed by atoms with Gasteiger partial charge in [0.1, 0.15) is 6.61 Å². The van der Waals surface area contributed by atoms with Gasteiger partial charge in [-0.25, -0.2) is 4.79 Å². The molecule has 0 saturated heterocycles. The van der Waals surface area contributed by atoms with Crippen LogP contribution in [0.25, 0.3) is 0 Å². The van der Waals surface area contributed by atoms with E-state index in [0.717, 1.165) is 6.08 Å². The van der Waals surface area contributed by atoms with Crippen LogP contribution >= 0.6 is 0 Å². The Balaban J connectivity index is 3.02. The fraction of sp³-hybridized carbons (Fsp3) is 0.600. The largest absolute Gasteiger partial charge is 0.460 e. The summed E-state index contributed by atoms with van der Waals surface area (Å²) in [5, 5.41) is 8.20. The highest BCUT2D eigenvalue weighted by Gasteiger charge is 1.94. The average Bonchev–Trinajstić information content (AvgIpc) is 2.26. The molecule has 0 aliphatic carbocycles. The number of rotatable bonds is 9. The van der Waals surface area contributed by atoms with Gasteiger partial charge in [-0.05, 0) is 0 Å². The topological polar surface area (TPSA) is 68.6 Å². The van der Waals surface area contributed by atoms with Crippen molar-refractivity contribution in [2.45, 2.75) is 6.42 Å². The molecule has 0 aromatic carbocycles. The molecule has 0 heterocycles. The molecule has 0 rings (SSSR count). The van der Waals surface area contributed by atoms with Crippen LogP contribution in [0.1, 0.15) is 6.42 Å². The van der Waals surface area contributed by atoms with Gasteiger partial charge in [-0.3, -0.25) is 0 Å². The predicted octanol–water partition coefficient (Wildman–Crippen LogP) is 0.662. The van der Waals surface area contributed by atoms with Gasteiger partial charge in [0.25, 0.3) is 0 Å². The smallest absolute Gasteiger partial charge is 0.330 e. The molecular formula is C10H15NO4. The minimum Gasteiger partial charge on any atom is -0.460 e. The Morgan fingerprint density at radius 1 is 1.20 bits per heavy atom. The van der Waals surface area contributed by atoms with E-state index in [1.54, 1.807) is 0 Å². The lowest BCUT2D eigenvalue weighted by Crippen LogP contribution is -2.11. The van der Waals surface area contributed by atoms with Crippen LogP contribution < -0.4 is 0 Å². The number of esters is 1. The van der Waals surface area contributed by atoms with Gasteiger partial charge in [0.2, 0.25) is 0 Å². The number of hydrogen-bond donors (Lipinski definition) is 0. The van der Waals surface area contributed by atoms with E-state index in [0.29, 0.717) is 32.8 Å². The monoisotopic (exact) mass is 213 g/mol. The van der Waals surface area contributed by atoms with E-state index >= 15 is 0 Å². The van der Waals surface area contributed by atoms with Gasteiger partial charge in [0, 0.05) is 6.08 Å². The highest BCUT2D eigenvalue weighted by Crippen LogP contribution is 1.84. The molecule has 0 aromatic heterocycles. The Hall–Kier alpha value is -1.38. The molecule has 0 spiro atoms. The van der Waals surface area contributed by atoms with E-state index in [9.17, 15) is 4.79 Å². The Kier molecular flexibility index (Phi) is 9.71. The number of carbonyl (C=O) groups excluding carboxylic acids is 1. The Bertz CT molecular complexity index is 222. The van der Waals surface area contributed by atoms with Crippen LogP contribution in [0.2, 0.25) is 0 Å². The molecule has 0 radical (unpaired) electrons. The Morgan fingerprint density at radius 2 is 1.80 bits per heavy atom. The first kappa shape index (κ1) is 13.6. The zero-order valence-corrected chi connectivity index (χ0v) is 8.61. The van der Waals surface area contributed by atoms with Crippen LogP contribution in [0.15, 0.2) is 12.7 Å². The molecule has 0 aromatic rings. The van der Waals surface area contributed by atoms with Gasteiger partial charge in [0.15, 0.2) is 0 Å². The Labute approximate surface area is 89.2 Å². The first-order valence-corrected chi connectivity index (χ1v) is 4.63. The number of ether oxygens (including phenoxy) is 3. The standard InChI is InChI=1S/C10H15NO4/c1-2-10(12)15-9-8-14-7-6-13-5-3-4-11/h2H,1,3,5-9H2. The zero-order chi connectivity index (χ0) is 11.4. The molecule has 0 unspecified atom stereocenters. The summed E-state index contributed by atoms with van der Waals surface area (Å²) in [4.78, 5) is 10.6. The third-order valence-corrected chi connectivity index (χ3v) is 1.37. The number of nitrogens with zero attached hydrogens (tertiary/aromatic N) is 1. The van der Waals surface area contributed by atoms with Crippen molar-refractivity contribution < 1.29 is 19.0 Å². The molecule has 0 fully saturated rings. The summed E-state index contributed by atoms with van der Waals surface area (Å²) in [7, 11) is 0. The molecule has 15 heavy (non-hydrogen) atoms. The summed E-state index contributed by atoms with van der Waals surface area (Å²) in [6, 6.07) is 1.97. The van der Waals surface area contributed by atoms with E-state index in [4.69, 9.17) is 14.7 Å². The second kappa shape index (κ2) is 10.7. The molecule has 0 aliphatic rings. The molecular weight excluding hydrogens is 198 g/mol. The predicted molar refractivity (Wildman–Crippen MR) is 53.0 cm³/mol. The van der Waals surface area contributed by atoms with E-state index in [1.165, 1.54) is 0 Å². The number of carbonyl (C=O) groups is 1. The van der Waals surface area contributed by atoms with Crippen molar-refractivity contribution >= 4 is 5.97 Å². The molecule has 5 heteroatoms. The Morgan fingerprint density at radius 3 is 2.40 bits per heavy atom. The maximum absolute atomic E-state index is 10.6. The molecule has 0 saturated carbocycles. The van der Waals surface area contributed by atoms with Crippen molar-refractivity contribution in [1.82, 2.24) is 0 Å². The van der Waals surface area contributed by atoms with Crippen LogP contribution in [0, 0.1) is 11.3 Å². The molecule has 0 bridgehead atoms. The van der Waals surface area contributed by atoms with Crippen LogP contribution in [0.4, 0.5) is 0 Å². The summed E-state index contributed by atoms with van der Waals surface area (Å²) < 4.78 is 14.8. The van der Waals surface area contributed by atoms with Crippen molar-refractivity contribution in [1.29, 1.82) is 5.26 Å². The molecule has 0 amide bonds. The minimum absolute atomic E-state index is 0.211. The van der Waals surface area contributed by atoms with Crippen LogP contribution in [-0.2, 0) is 19.0 Å². The van der Waals surface area contributed by atoms with E-state index in [-0.39, 0.29) is 6.61 Å². The fourth-order valence-electron chi connectivity index (χ4n) is 0.700. The summed E-state index contributed by atoms with van der Waals surface area (Å²) in [6.45, 7) is 5.09. The molecule has 5 nitrogen and oxygen atoms in total. The van der Waals surface area contributed by atoms with Crippen molar-refractivity contribution in [3.63, 3.8) is 0 Å². The average molecular weight is 213 g/mol. The van der Waals surface area contributed by atoms with Gasteiger partial charge >= 0.3 is 5.97 Å². The SMILES string of the molecule is C=CC(=O)OCCOCCOCCC#N. The normalized spacial score (nSPS) is 9.27. The summed E-state index contributed by atoms with van der Waals surface area (Å²) in [5.41, 5.74) is 0. The molecule has 0 N–H and O–H groups in total. The van der Waals surface area contributed by atoms with Crippen molar-refractivity contribution in [3.8, 4) is 6.07 Å². The maximum Gasteiger partial charge on any atom is 0.330 e. The lowest BCUT2D eigenvalue weighted by atomic mass is 10.5. The van der Waals surface area contributed by atoms with Gasteiger partial charge < -0.3 is 14.2 Å². The quantitative estimate of drug-likeness (QED) is 0.320. The second-order valence-corrected chi connectivity index (χ2v) is 2.50. The van der Waals surface area contributed by atoms with Gasteiger partial charge in [-0.15, -0.1) is 0 Å². The third kappa shape index (κ3) is 10.5. The highest BCUT2D eigenvalue weighted by atomic mass is 16.6. The lowest BCUT2D eigenvalue weighted by Gasteiger charge is -2.04. The summed E-state index contributed by atoms with van der Waals surface area (Å²) in [6.07, 6.45) is 1.49. The first-order valence-electron chi connectivity index (χ1n) is 4.63. The van der Waals surface area contributed by atoms with Crippen molar-refractivity contribution in [3.05, 3.63) is 12.7 Å². The molecule has 84 valence electrons. The third-order valence-electron chi connectivity index (χ3n) is 1.37. The zero-order valence-electron chi connectivity index (χ0n) is 8.61. The van der Waals surface area contributed by atoms with E-state index in [1.807, 2.05) is 6.07 Å². The molecule has 0 aliphatic heterocycles. The van der Waals surface area contributed by atoms with Crippen molar-refractivity contribution in [2.24, 2.45) is 0 Å². The second-order valence-electron chi connectivity index (χ2n) is 2.50. The van der Waals surface area contributed by atoms with E-state index in [2.05, 4.69) is 11.3 Å². The van der Waals surface area contributed by atoms with Crippen LogP contribution in [0.5, 0.6) is 0 Å². The fourth-order valence-corrected chi connectivity index (χ4v) is 0.700. The van der Waals surface area contributed by atoms with Crippen LogP contribution in [-0.4, -0.2) is 39.0 Å². The lowest BCUT2D eigenvalue weighted by molar-refractivity contribution is -0.139.